The van der Waals surface area contributed by atoms with Gasteiger partial charge in [0.05, 0.1) is 12.4 Å². The molecule has 0 aliphatic rings. The number of nitrogens with zero attached hydrogens (tertiary/aromatic N) is 1. The van der Waals surface area contributed by atoms with Gasteiger partial charge in [-0.2, -0.15) is 0 Å². The molecule has 3 rings (SSSR count). The van der Waals surface area contributed by atoms with Gasteiger partial charge in [0, 0.05) is 18.1 Å². The van der Waals surface area contributed by atoms with Gasteiger partial charge in [-0.3, -0.25) is 9.78 Å². The number of pyridine rings is 1. The molecule has 0 saturated heterocycles. The third-order valence-electron chi connectivity index (χ3n) is 4.61. The van der Waals surface area contributed by atoms with E-state index in [9.17, 15) is 13.2 Å². The van der Waals surface area contributed by atoms with Crippen LogP contribution < -0.4 is 10.1 Å². The lowest BCUT2D eigenvalue weighted by Gasteiger charge is -2.09. The van der Waals surface area contributed by atoms with Crippen molar-refractivity contribution in [2.75, 3.05) is 24.7 Å². The summed E-state index contributed by atoms with van der Waals surface area (Å²) in [5, 5.41) is 3.66. The first-order valence-electron chi connectivity index (χ1n) is 10.0. The van der Waals surface area contributed by atoms with Gasteiger partial charge in [0.2, 0.25) is 5.91 Å². The Morgan fingerprint density at radius 1 is 0.967 bits per heavy atom. The fourth-order valence-electron chi connectivity index (χ4n) is 3.14. The van der Waals surface area contributed by atoms with Crippen LogP contribution in [0.4, 0.5) is 0 Å². The summed E-state index contributed by atoms with van der Waals surface area (Å²) >= 11 is 0. The van der Waals surface area contributed by atoms with E-state index in [-0.39, 0.29) is 5.75 Å². The summed E-state index contributed by atoms with van der Waals surface area (Å²) in [6, 6.07) is 19.3. The van der Waals surface area contributed by atoms with E-state index >= 15 is 0 Å². The highest BCUT2D eigenvalue weighted by Crippen LogP contribution is 2.22. The number of aryl methyl sites for hydroxylation is 1. The van der Waals surface area contributed by atoms with Crippen molar-refractivity contribution in [3.63, 3.8) is 0 Å². The molecular weight excluding hydrogens is 400 g/mol. The van der Waals surface area contributed by atoms with Gasteiger partial charge in [0.1, 0.15) is 17.0 Å². The SMILES string of the molecule is O=C(CS(=O)(=O)CCCc1ccccc1)NCCCOc1cccc2cccnc12. The third-order valence-corrected chi connectivity index (χ3v) is 6.22. The van der Waals surface area contributed by atoms with E-state index in [0.29, 0.717) is 38.2 Å². The molecule has 1 N–H and O–H groups in total. The monoisotopic (exact) mass is 426 g/mol. The van der Waals surface area contributed by atoms with Crippen LogP contribution in [0.1, 0.15) is 18.4 Å². The summed E-state index contributed by atoms with van der Waals surface area (Å²) in [7, 11) is -3.41. The van der Waals surface area contributed by atoms with Crippen LogP contribution in [0.25, 0.3) is 10.9 Å². The number of carbonyl (C=O) groups is 1. The van der Waals surface area contributed by atoms with Crippen molar-refractivity contribution in [2.24, 2.45) is 0 Å². The van der Waals surface area contributed by atoms with Gasteiger partial charge in [-0.25, -0.2) is 8.42 Å². The molecular formula is C23H26N2O4S. The first-order chi connectivity index (χ1) is 14.5. The predicted molar refractivity (Wildman–Crippen MR) is 118 cm³/mol. The van der Waals surface area contributed by atoms with Gasteiger partial charge in [-0.05, 0) is 37.0 Å². The summed E-state index contributed by atoms with van der Waals surface area (Å²) in [5.41, 5.74) is 1.89. The van der Waals surface area contributed by atoms with Crippen molar-refractivity contribution in [3.8, 4) is 5.75 Å². The van der Waals surface area contributed by atoms with Crippen LogP contribution in [0.2, 0.25) is 0 Å². The van der Waals surface area contributed by atoms with Gasteiger partial charge in [0.25, 0.3) is 0 Å². The maximum Gasteiger partial charge on any atom is 0.235 e. The molecule has 6 nitrogen and oxygen atoms in total. The van der Waals surface area contributed by atoms with E-state index in [1.807, 2.05) is 60.7 Å². The highest BCUT2D eigenvalue weighted by Gasteiger charge is 2.16. The van der Waals surface area contributed by atoms with Crippen LogP contribution in [0.3, 0.4) is 0 Å². The highest BCUT2D eigenvalue weighted by molar-refractivity contribution is 7.92. The zero-order valence-electron chi connectivity index (χ0n) is 16.8. The molecule has 1 amide bonds. The molecule has 1 aromatic heterocycles. The maximum absolute atomic E-state index is 12.1. The second-order valence-corrected chi connectivity index (χ2v) is 9.25. The quantitative estimate of drug-likeness (QED) is 0.476. The lowest BCUT2D eigenvalue weighted by atomic mass is 10.1. The van der Waals surface area contributed by atoms with E-state index in [4.69, 9.17) is 4.74 Å². The average Bonchev–Trinajstić information content (AvgIpc) is 2.74. The fraction of sp³-hybridized carbons (Fsp3) is 0.304. The number of fused-ring (bicyclic) bond motifs is 1. The van der Waals surface area contributed by atoms with Gasteiger partial charge in [0.15, 0.2) is 9.84 Å². The molecule has 3 aromatic rings. The second kappa shape index (κ2) is 10.7. The number of ether oxygens (including phenoxy) is 1. The maximum atomic E-state index is 12.1. The summed E-state index contributed by atoms with van der Waals surface area (Å²) in [5.74, 6) is -0.246. The summed E-state index contributed by atoms with van der Waals surface area (Å²) < 4.78 is 30.0. The topological polar surface area (TPSA) is 85.4 Å². The lowest BCUT2D eigenvalue weighted by Crippen LogP contribution is -2.32. The average molecular weight is 427 g/mol. The number of sulfone groups is 1. The Kier molecular flexibility index (Phi) is 7.79. The zero-order chi connectivity index (χ0) is 21.2. The van der Waals surface area contributed by atoms with E-state index in [2.05, 4.69) is 10.3 Å². The van der Waals surface area contributed by atoms with Crippen LogP contribution in [-0.4, -0.2) is 44.0 Å². The molecule has 1 heterocycles. The Balaban J connectivity index is 1.34. The molecule has 0 fully saturated rings. The van der Waals surface area contributed by atoms with Gasteiger partial charge in [-0.15, -0.1) is 0 Å². The van der Waals surface area contributed by atoms with Crippen molar-refractivity contribution in [1.82, 2.24) is 10.3 Å². The number of rotatable bonds is 11. The number of nitrogens with one attached hydrogen (secondary N) is 1. The van der Waals surface area contributed by atoms with Crippen LogP contribution in [0.15, 0.2) is 66.9 Å². The number of aromatic nitrogens is 1. The molecule has 158 valence electrons. The number of hydrogen-bond donors (Lipinski definition) is 1. The van der Waals surface area contributed by atoms with E-state index < -0.39 is 21.5 Å². The normalized spacial score (nSPS) is 11.3. The molecule has 0 spiro atoms. The zero-order valence-corrected chi connectivity index (χ0v) is 17.6. The fourth-order valence-corrected chi connectivity index (χ4v) is 4.37. The largest absolute Gasteiger partial charge is 0.491 e. The molecule has 0 atom stereocenters. The predicted octanol–water partition coefficient (Wildman–Crippen LogP) is 3.17. The molecule has 0 aliphatic heterocycles. The minimum atomic E-state index is -3.41. The molecule has 30 heavy (non-hydrogen) atoms. The lowest BCUT2D eigenvalue weighted by molar-refractivity contribution is -0.118. The van der Waals surface area contributed by atoms with Crippen LogP contribution in [-0.2, 0) is 21.1 Å². The Bertz CT molecular complexity index is 1060. The van der Waals surface area contributed by atoms with E-state index in [1.165, 1.54) is 0 Å². The molecule has 2 aromatic carbocycles. The summed E-state index contributed by atoms with van der Waals surface area (Å²) in [4.78, 5) is 16.3. The van der Waals surface area contributed by atoms with Gasteiger partial charge < -0.3 is 10.1 Å². The minimum Gasteiger partial charge on any atom is -0.491 e. The Morgan fingerprint density at radius 2 is 1.77 bits per heavy atom. The standard InChI is InChI=1S/C23H26N2O4S/c26-22(18-30(27,28)17-6-10-19-8-2-1-3-9-19)24-15-7-16-29-21-13-4-11-20-12-5-14-25-23(20)21/h1-5,8-9,11-14H,6-7,10,15-18H2,(H,24,26). The van der Waals surface area contributed by atoms with Crippen molar-refractivity contribution in [3.05, 3.63) is 72.4 Å². The van der Waals surface area contributed by atoms with Crippen LogP contribution >= 0.6 is 0 Å². The molecule has 0 saturated carbocycles. The number of benzene rings is 2. The third kappa shape index (κ3) is 6.84. The van der Waals surface area contributed by atoms with Crippen LogP contribution in [0, 0.1) is 0 Å². The highest BCUT2D eigenvalue weighted by atomic mass is 32.2. The smallest absolute Gasteiger partial charge is 0.235 e. The van der Waals surface area contributed by atoms with Crippen molar-refractivity contribution >= 4 is 26.6 Å². The Hall–Kier alpha value is -2.93. The Labute approximate surface area is 177 Å². The van der Waals surface area contributed by atoms with Crippen molar-refractivity contribution in [1.29, 1.82) is 0 Å². The number of para-hydroxylation sites is 1. The number of hydrogen-bond acceptors (Lipinski definition) is 5. The summed E-state index contributed by atoms with van der Waals surface area (Å²) in [6.45, 7) is 0.760. The molecule has 0 aliphatic carbocycles. The van der Waals surface area contributed by atoms with E-state index in [0.717, 1.165) is 16.5 Å². The van der Waals surface area contributed by atoms with Gasteiger partial charge in [-0.1, -0.05) is 48.5 Å². The first-order valence-corrected chi connectivity index (χ1v) is 11.8. The molecule has 0 unspecified atom stereocenters. The molecule has 7 heteroatoms. The Morgan fingerprint density at radius 3 is 2.60 bits per heavy atom. The van der Waals surface area contributed by atoms with Crippen LogP contribution in [0.5, 0.6) is 5.75 Å². The van der Waals surface area contributed by atoms with Crippen molar-refractivity contribution in [2.45, 2.75) is 19.3 Å². The second-order valence-electron chi connectivity index (χ2n) is 7.06. The molecule has 0 bridgehead atoms. The first kappa shape index (κ1) is 21.8. The van der Waals surface area contributed by atoms with Gasteiger partial charge >= 0.3 is 0 Å². The number of amides is 1. The minimum absolute atomic E-state index is 0.00646. The van der Waals surface area contributed by atoms with E-state index in [1.54, 1.807) is 6.20 Å². The number of carbonyl (C=O) groups excluding carboxylic acids is 1. The summed E-state index contributed by atoms with van der Waals surface area (Å²) in [6.07, 6.45) is 3.48. The van der Waals surface area contributed by atoms with Crippen molar-refractivity contribution < 1.29 is 17.9 Å². The molecule has 0 radical (unpaired) electrons.